The Morgan fingerprint density at radius 1 is 1.17 bits per heavy atom. The number of rotatable bonds is 6. The fraction of sp³-hybridized carbons (Fsp3) is 0.278. The molecule has 126 valence electrons. The van der Waals surface area contributed by atoms with Crippen molar-refractivity contribution in [3.8, 4) is 0 Å². The van der Waals surface area contributed by atoms with Crippen LogP contribution in [0.1, 0.15) is 42.2 Å². The Kier molecular flexibility index (Phi) is 6.32. The molecule has 0 saturated carbocycles. The van der Waals surface area contributed by atoms with E-state index in [4.69, 9.17) is 16.3 Å². The van der Waals surface area contributed by atoms with Crippen LogP contribution >= 0.6 is 11.6 Å². The second-order valence-corrected chi connectivity index (χ2v) is 5.88. The summed E-state index contributed by atoms with van der Waals surface area (Å²) < 4.78 is 5.18. The summed E-state index contributed by atoms with van der Waals surface area (Å²) in [6, 6.07) is 12.0. The highest BCUT2D eigenvalue weighted by atomic mass is 35.5. The molecule has 1 atom stereocenters. The van der Waals surface area contributed by atoms with E-state index in [9.17, 15) is 9.59 Å². The van der Waals surface area contributed by atoms with Crippen LogP contribution in [0.4, 0.5) is 0 Å². The van der Waals surface area contributed by atoms with Crippen LogP contribution in [-0.4, -0.2) is 23.0 Å². The SMILES string of the molecule is CC(C)OC(=O)CC(NC(=O)c1cccnc1Cl)c1ccccc1. The lowest BCUT2D eigenvalue weighted by Gasteiger charge is -2.19. The molecule has 0 bridgehead atoms. The van der Waals surface area contributed by atoms with Crippen molar-refractivity contribution < 1.29 is 14.3 Å². The molecule has 1 amide bonds. The number of carbonyl (C=O) groups excluding carboxylic acids is 2. The van der Waals surface area contributed by atoms with Crippen molar-refractivity contribution in [2.24, 2.45) is 0 Å². The van der Waals surface area contributed by atoms with Gasteiger partial charge < -0.3 is 10.1 Å². The number of esters is 1. The number of halogens is 1. The molecule has 2 rings (SSSR count). The van der Waals surface area contributed by atoms with E-state index in [2.05, 4.69) is 10.3 Å². The predicted molar refractivity (Wildman–Crippen MR) is 91.7 cm³/mol. The van der Waals surface area contributed by atoms with Gasteiger partial charge in [0.15, 0.2) is 0 Å². The molecular weight excluding hydrogens is 328 g/mol. The topological polar surface area (TPSA) is 68.3 Å². The van der Waals surface area contributed by atoms with Gasteiger partial charge in [-0.05, 0) is 31.5 Å². The van der Waals surface area contributed by atoms with E-state index < -0.39 is 6.04 Å². The number of amides is 1. The summed E-state index contributed by atoms with van der Waals surface area (Å²) in [5, 5.41) is 2.95. The first-order chi connectivity index (χ1) is 11.5. The molecule has 24 heavy (non-hydrogen) atoms. The molecule has 1 unspecified atom stereocenters. The lowest BCUT2D eigenvalue weighted by atomic mass is 10.0. The van der Waals surface area contributed by atoms with E-state index >= 15 is 0 Å². The van der Waals surface area contributed by atoms with Gasteiger partial charge in [-0.15, -0.1) is 0 Å². The number of carbonyl (C=O) groups is 2. The first-order valence-electron chi connectivity index (χ1n) is 7.63. The van der Waals surface area contributed by atoms with Gasteiger partial charge in [0.05, 0.1) is 24.1 Å². The van der Waals surface area contributed by atoms with Crippen molar-refractivity contribution >= 4 is 23.5 Å². The Labute approximate surface area is 146 Å². The molecule has 0 saturated heterocycles. The maximum atomic E-state index is 12.5. The number of hydrogen-bond acceptors (Lipinski definition) is 4. The molecule has 1 N–H and O–H groups in total. The summed E-state index contributed by atoms with van der Waals surface area (Å²) in [5.41, 5.74) is 1.07. The normalized spacial score (nSPS) is 11.8. The van der Waals surface area contributed by atoms with Crippen molar-refractivity contribution in [3.05, 3.63) is 64.9 Å². The predicted octanol–water partition coefficient (Wildman–Crippen LogP) is 3.55. The summed E-state index contributed by atoms with van der Waals surface area (Å²) in [4.78, 5) is 28.4. The number of aromatic nitrogens is 1. The minimum Gasteiger partial charge on any atom is -0.463 e. The largest absolute Gasteiger partial charge is 0.463 e. The molecule has 0 aliphatic rings. The molecular formula is C18H19ClN2O3. The third-order valence-electron chi connectivity index (χ3n) is 3.25. The summed E-state index contributed by atoms with van der Waals surface area (Å²) in [7, 11) is 0. The summed E-state index contributed by atoms with van der Waals surface area (Å²) in [5.74, 6) is -0.768. The number of benzene rings is 1. The molecule has 0 spiro atoms. The van der Waals surface area contributed by atoms with E-state index in [0.29, 0.717) is 0 Å². The zero-order valence-corrected chi connectivity index (χ0v) is 14.3. The fourth-order valence-corrected chi connectivity index (χ4v) is 2.41. The molecule has 5 nitrogen and oxygen atoms in total. The fourth-order valence-electron chi connectivity index (χ4n) is 2.21. The van der Waals surface area contributed by atoms with Crippen molar-refractivity contribution in [1.29, 1.82) is 0 Å². The lowest BCUT2D eigenvalue weighted by Crippen LogP contribution is -2.31. The smallest absolute Gasteiger partial charge is 0.308 e. The molecule has 2 aromatic rings. The second kappa shape index (κ2) is 8.45. The van der Waals surface area contributed by atoms with E-state index in [1.54, 1.807) is 26.0 Å². The van der Waals surface area contributed by atoms with Crippen LogP contribution in [0.25, 0.3) is 0 Å². The lowest BCUT2D eigenvalue weighted by molar-refractivity contribution is -0.147. The van der Waals surface area contributed by atoms with Crippen molar-refractivity contribution in [2.75, 3.05) is 0 Å². The highest BCUT2D eigenvalue weighted by molar-refractivity contribution is 6.32. The van der Waals surface area contributed by atoms with Gasteiger partial charge in [-0.3, -0.25) is 9.59 Å². The summed E-state index contributed by atoms with van der Waals surface area (Å²) in [6.45, 7) is 3.56. The van der Waals surface area contributed by atoms with Gasteiger partial charge in [0.2, 0.25) is 0 Å². The zero-order chi connectivity index (χ0) is 17.5. The standard InChI is InChI=1S/C18H19ClN2O3/c1-12(2)24-16(22)11-15(13-7-4-3-5-8-13)21-18(23)14-9-6-10-20-17(14)19/h3-10,12,15H,11H2,1-2H3,(H,21,23). The van der Waals surface area contributed by atoms with Gasteiger partial charge in [-0.25, -0.2) is 4.98 Å². The van der Waals surface area contributed by atoms with Crippen LogP contribution in [-0.2, 0) is 9.53 Å². The van der Waals surface area contributed by atoms with Gasteiger partial charge in [0.1, 0.15) is 5.15 Å². The zero-order valence-electron chi connectivity index (χ0n) is 13.5. The highest BCUT2D eigenvalue weighted by Gasteiger charge is 2.21. The number of ether oxygens (including phenoxy) is 1. The highest BCUT2D eigenvalue weighted by Crippen LogP contribution is 2.20. The van der Waals surface area contributed by atoms with Crippen LogP contribution in [0.3, 0.4) is 0 Å². The second-order valence-electron chi connectivity index (χ2n) is 5.52. The third-order valence-corrected chi connectivity index (χ3v) is 3.55. The average molecular weight is 347 g/mol. The quantitative estimate of drug-likeness (QED) is 0.641. The van der Waals surface area contributed by atoms with Crippen LogP contribution < -0.4 is 5.32 Å². The molecule has 0 aliphatic carbocycles. The third kappa shape index (κ3) is 5.06. The van der Waals surface area contributed by atoms with E-state index in [-0.39, 0.29) is 35.1 Å². The number of hydrogen-bond donors (Lipinski definition) is 1. The Morgan fingerprint density at radius 2 is 1.88 bits per heavy atom. The van der Waals surface area contributed by atoms with E-state index in [1.807, 2.05) is 30.3 Å². The van der Waals surface area contributed by atoms with Crippen LogP contribution in [0.5, 0.6) is 0 Å². The van der Waals surface area contributed by atoms with Gasteiger partial charge in [0, 0.05) is 6.20 Å². The van der Waals surface area contributed by atoms with E-state index in [0.717, 1.165) is 5.56 Å². The number of nitrogens with zero attached hydrogens (tertiary/aromatic N) is 1. The summed E-state index contributed by atoms with van der Waals surface area (Å²) >= 11 is 5.96. The monoisotopic (exact) mass is 346 g/mol. The van der Waals surface area contributed by atoms with Gasteiger partial charge in [0.25, 0.3) is 5.91 Å². The maximum Gasteiger partial charge on any atom is 0.308 e. The van der Waals surface area contributed by atoms with E-state index in [1.165, 1.54) is 6.20 Å². The number of pyridine rings is 1. The Morgan fingerprint density at radius 3 is 2.50 bits per heavy atom. The first kappa shape index (κ1) is 17.9. The molecule has 1 aromatic heterocycles. The van der Waals surface area contributed by atoms with Crippen LogP contribution in [0.15, 0.2) is 48.7 Å². The van der Waals surface area contributed by atoms with Gasteiger partial charge >= 0.3 is 5.97 Å². The van der Waals surface area contributed by atoms with Crippen LogP contribution in [0, 0.1) is 0 Å². The Balaban J connectivity index is 2.18. The molecule has 1 aromatic carbocycles. The molecule has 0 radical (unpaired) electrons. The molecule has 0 fully saturated rings. The number of nitrogens with one attached hydrogen (secondary N) is 1. The average Bonchev–Trinajstić information content (AvgIpc) is 2.54. The Hall–Kier alpha value is -2.40. The molecule has 1 heterocycles. The molecule has 6 heteroatoms. The summed E-state index contributed by atoms with van der Waals surface area (Å²) in [6.07, 6.45) is 1.33. The first-order valence-corrected chi connectivity index (χ1v) is 8.01. The van der Waals surface area contributed by atoms with Gasteiger partial charge in [-0.2, -0.15) is 0 Å². The van der Waals surface area contributed by atoms with Crippen molar-refractivity contribution in [3.63, 3.8) is 0 Å². The van der Waals surface area contributed by atoms with Crippen molar-refractivity contribution in [1.82, 2.24) is 10.3 Å². The maximum absolute atomic E-state index is 12.5. The minimum absolute atomic E-state index is 0.0335. The van der Waals surface area contributed by atoms with Gasteiger partial charge in [-0.1, -0.05) is 41.9 Å². The Bertz CT molecular complexity index is 704. The van der Waals surface area contributed by atoms with Crippen LogP contribution in [0.2, 0.25) is 5.15 Å². The van der Waals surface area contributed by atoms with Crippen molar-refractivity contribution in [2.45, 2.75) is 32.4 Å². The molecule has 0 aliphatic heterocycles. The minimum atomic E-state index is -0.513.